The van der Waals surface area contributed by atoms with E-state index in [4.69, 9.17) is 0 Å². The highest BCUT2D eigenvalue weighted by Crippen LogP contribution is 2.33. The first-order chi connectivity index (χ1) is 9.20. The van der Waals surface area contributed by atoms with Gasteiger partial charge in [0.25, 0.3) is 0 Å². The third kappa shape index (κ3) is 4.47. The minimum Gasteiger partial charge on any atom is -0.342 e. The van der Waals surface area contributed by atoms with Crippen LogP contribution in [0.2, 0.25) is 0 Å². The predicted molar refractivity (Wildman–Crippen MR) is 83.5 cm³/mol. The fourth-order valence-corrected chi connectivity index (χ4v) is 3.93. The fourth-order valence-electron chi connectivity index (χ4n) is 3.52. The normalized spacial score (nSPS) is 29.5. The Bertz CT molecular complexity index is 278. The molecule has 110 valence electrons. The first-order valence-corrected chi connectivity index (χ1v) is 9.05. The van der Waals surface area contributed by atoms with Crippen molar-refractivity contribution in [2.24, 2.45) is 11.8 Å². The number of carbonyl (C=O) groups is 1. The Kier molecular flexibility index (Phi) is 6.18. The van der Waals surface area contributed by atoms with Crippen LogP contribution in [-0.4, -0.2) is 28.7 Å². The molecule has 1 aliphatic carbocycles. The van der Waals surface area contributed by atoms with E-state index in [1.165, 1.54) is 32.1 Å². The molecule has 1 saturated heterocycles. The Balaban J connectivity index is 1.73. The van der Waals surface area contributed by atoms with Gasteiger partial charge in [0.05, 0.1) is 0 Å². The molecule has 0 atom stereocenters. The van der Waals surface area contributed by atoms with E-state index in [0.717, 1.165) is 44.7 Å². The molecular weight excluding hydrogens is 302 g/mol. The van der Waals surface area contributed by atoms with Gasteiger partial charge in [-0.3, -0.25) is 4.79 Å². The van der Waals surface area contributed by atoms with Gasteiger partial charge in [0.1, 0.15) is 0 Å². The van der Waals surface area contributed by atoms with E-state index in [-0.39, 0.29) is 0 Å². The molecule has 0 radical (unpaired) electrons. The van der Waals surface area contributed by atoms with Crippen molar-refractivity contribution in [3.8, 4) is 0 Å². The molecule has 0 spiro atoms. The molecule has 0 aromatic carbocycles. The van der Waals surface area contributed by atoms with Gasteiger partial charge in [-0.05, 0) is 44.4 Å². The summed E-state index contributed by atoms with van der Waals surface area (Å²) < 4.78 is 0. The van der Waals surface area contributed by atoms with Gasteiger partial charge < -0.3 is 4.90 Å². The number of hydrogen-bond donors (Lipinski definition) is 0. The molecular formula is C16H28BrNO. The van der Waals surface area contributed by atoms with Crippen molar-refractivity contribution in [3.05, 3.63) is 0 Å². The number of alkyl halides is 1. The van der Waals surface area contributed by atoms with E-state index in [2.05, 4.69) is 27.8 Å². The number of carbonyl (C=O) groups excluding carboxylic acids is 1. The maximum absolute atomic E-state index is 12.5. The van der Waals surface area contributed by atoms with E-state index >= 15 is 0 Å². The molecule has 0 N–H and O–H groups in total. The van der Waals surface area contributed by atoms with Crippen LogP contribution in [0.3, 0.4) is 0 Å². The number of unbranched alkanes of at least 4 members (excludes halogenated alkanes) is 1. The number of rotatable bonds is 4. The quantitative estimate of drug-likeness (QED) is 0.701. The Morgan fingerprint density at radius 2 is 1.74 bits per heavy atom. The second-order valence-electron chi connectivity index (χ2n) is 6.36. The van der Waals surface area contributed by atoms with Crippen molar-refractivity contribution < 1.29 is 4.79 Å². The van der Waals surface area contributed by atoms with Crippen LogP contribution in [0.25, 0.3) is 0 Å². The highest BCUT2D eigenvalue weighted by molar-refractivity contribution is 9.09. The van der Waals surface area contributed by atoms with Crippen LogP contribution in [0.5, 0.6) is 0 Å². The smallest absolute Gasteiger partial charge is 0.225 e. The number of hydrogen-bond acceptors (Lipinski definition) is 1. The first-order valence-electron chi connectivity index (χ1n) is 8.13. The molecule has 1 amide bonds. The SMILES string of the molecule is CCCCC1CCC(C(=O)N2CCC(Br)CC2)CC1. The molecule has 2 rings (SSSR count). The molecule has 19 heavy (non-hydrogen) atoms. The van der Waals surface area contributed by atoms with Crippen LogP contribution in [0.1, 0.15) is 64.7 Å². The minimum absolute atomic E-state index is 0.338. The lowest BCUT2D eigenvalue weighted by molar-refractivity contribution is -0.137. The third-order valence-corrected chi connectivity index (χ3v) is 5.81. The van der Waals surface area contributed by atoms with Crippen LogP contribution in [0.4, 0.5) is 0 Å². The summed E-state index contributed by atoms with van der Waals surface area (Å²) in [5, 5.41) is 0. The maximum Gasteiger partial charge on any atom is 0.225 e. The van der Waals surface area contributed by atoms with Gasteiger partial charge in [-0.1, -0.05) is 42.1 Å². The van der Waals surface area contributed by atoms with Gasteiger partial charge in [-0.2, -0.15) is 0 Å². The molecule has 2 nitrogen and oxygen atoms in total. The van der Waals surface area contributed by atoms with Gasteiger partial charge in [0.2, 0.25) is 5.91 Å². The average Bonchev–Trinajstić information content (AvgIpc) is 2.46. The Morgan fingerprint density at radius 1 is 1.11 bits per heavy atom. The molecule has 2 fully saturated rings. The molecule has 0 bridgehead atoms. The molecule has 1 saturated carbocycles. The van der Waals surface area contributed by atoms with Crippen molar-refractivity contribution in [2.75, 3.05) is 13.1 Å². The average molecular weight is 330 g/mol. The molecule has 1 heterocycles. The largest absolute Gasteiger partial charge is 0.342 e. The summed E-state index contributed by atoms with van der Waals surface area (Å²) in [5.74, 6) is 1.69. The zero-order valence-corrected chi connectivity index (χ0v) is 13.8. The van der Waals surface area contributed by atoms with Gasteiger partial charge in [-0.15, -0.1) is 0 Å². The maximum atomic E-state index is 12.5. The topological polar surface area (TPSA) is 20.3 Å². The molecule has 0 unspecified atom stereocenters. The predicted octanol–water partition coefficient (Wildman–Crippen LogP) is 4.37. The van der Waals surface area contributed by atoms with Gasteiger partial charge in [0.15, 0.2) is 0 Å². The molecule has 0 aromatic rings. The number of piperidine rings is 1. The van der Waals surface area contributed by atoms with E-state index in [0.29, 0.717) is 16.7 Å². The third-order valence-electron chi connectivity index (χ3n) is 4.90. The Hall–Kier alpha value is -0.0500. The summed E-state index contributed by atoms with van der Waals surface area (Å²) >= 11 is 3.65. The van der Waals surface area contributed by atoms with Crippen LogP contribution in [-0.2, 0) is 4.79 Å². The minimum atomic E-state index is 0.338. The summed E-state index contributed by atoms with van der Waals surface area (Å²) in [6, 6.07) is 0. The number of amides is 1. The summed E-state index contributed by atoms with van der Waals surface area (Å²) in [4.78, 5) is 15.2. The van der Waals surface area contributed by atoms with Crippen LogP contribution >= 0.6 is 15.9 Å². The zero-order chi connectivity index (χ0) is 13.7. The molecule has 3 heteroatoms. The van der Waals surface area contributed by atoms with Crippen LogP contribution in [0, 0.1) is 11.8 Å². The lowest BCUT2D eigenvalue weighted by Gasteiger charge is -2.35. The monoisotopic (exact) mass is 329 g/mol. The highest BCUT2D eigenvalue weighted by Gasteiger charge is 2.30. The van der Waals surface area contributed by atoms with E-state index in [1.807, 2.05) is 0 Å². The van der Waals surface area contributed by atoms with Gasteiger partial charge >= 0.3 is 0 Å². The lowest BCUT2D eigenvalue weighted by atomic mass is 9.79. The summed E-state index contributed by atoms with van der Waals surface area (Å²) in [5.41, 5.74) is 0. The Labute approximate surface area is 126 Å². The second-order valence-corrected chi connectivity index (χ2v) is 7.65. The Morgan fingerprint density at radius 3 is 2.32 bits per heavy atom. The lowest BCUT2D eigenvalue weighted by Crippen LogP contribution is -2.42. The summed E-state index contributed by atoms with van der Waals surface area (Å²) in [7, 11) is 0. The van der Waals surface area contributed by atoms with Crippen LogP contribution < -0.4 is 0 Å². The number of likely N-dealkylation sites (tertiary alicyclic amines) is 1. The molecule has 1 aliphatic heterocycles. The van der Waals surface area contributed by atoms with Crippen molar-refractivity contribution >= 4 is 21.8 Å². The zero-order valence-electron chi connectivity index (χ0n) is 12.2. The molecule has 2 aliphatic rings. The fraction of sp³-hybridized carbons (Fsp3) is 0.938. The van der Waals surface area contributed by atoms with Crippen LogP contribution in [0.15, 0.2) is 0 Å². The first kappa shape index (κ1) is 15.3. The number of halogens is 1. The summed E-state index contributed by atoms with van der Waals surface area (Å²) in [6.07, 6.45) is 11.1. The van der Waals surface area contributed by atoms with Crippen molar-refractivity contribution in [2.45, 2.75) is 69.5 Å². The van der Waals surface area contributed by atoms with Gasteiger partial charge in [-0.25, -0.2) is 0 Å². The summed E-state index contributed by atoms with van der Waals surface area (Å²) in [6.45, 7) is 4.19. The van der Waals surface area contributed by atoms with Crippen molar-refractivity contribution in [3.63, 3.8) is 0 Å². The van der Waals surface area contributed by atoms with Gasteiger partial charge in [0, 0.05) is 23.8 Å². The highest BCUT2D eigenvalue weighted by atomic mass is 79.9. The van der Waals surface area contributed by atoms with Crippen molar-refractivity contribution in [1.29, 1.82) is 0 Å². The van der Waals surface area contributed by atoms with E-state index in [9.17, 15) is 4.79 Å². The van der Waals surface area contributed by atoms with E-state index in [1.54, 1.807) is 0 Å². The van der Waals surface area contributed by atoms with E-state index < -0.39 is 0 Å². The standard InChI is InChI=1S/C16H28BrNO/c1-2-3-4-13-5-7-14(8-6-13)16(19)18-11-9-15(17)10-12-18/h13-15H,2-12H2,1H3. The van der Waals surface area contributed by atoms with Crippen molar-refractivity contribution in [1.82, 2.24) is 4.90 Å². The molecule has 0 aromatic heterocycles. The second kappa shape index (κ2) is 7.66. The number of nitrogens with zero attached hydrogens (tertiary/aromatic N) is 1.